The molecule has 0 atom stereocenters. The maximum Gasteiger partial charge on any atom is 0.306 e. The van der Waals surface area contributed by atoms with Crippen molar-refractivity contribution in [1.29, 1.82) is 0 Å². The number of aromatic amines is 1. The summed E-state index contributed by atoms with van der Waals surface area (Å²) in [6, 6.07) is 7.17. The molecule has 0 aromatic carbocycles. The highest BCUT2D eigenvalue weighted by Gasteiger charge is 2.28. The summed E-state index contributed by atoms with van der Waals surface area (Å²) in [5, 5.41) is 15.8. The number of pyridine rings is 1. The van der Waals surface area contributed by atoms with Gasteiger partial charge in [-0.3, -0.25) is 19.7 Å². The summed E-state index contributed by atoms with van der Waals surface area (Å²) >= 11 is 0. The Balaban J connectivity index is 1.69. The Morgan fingerprint density at radius 3 is 2.64 bits per heavy atom. The second-order valence-corrected chi connectivity index (χ2v) is 5.29. The van der Waals surface area contributed by atoms with Crippen LogP contribution in [0.5, 0.6) is 0 Å². The van der Waals surface area contributed by atoms with Crippen molar-refractivity contribution in [3.8, 4) is 11.4 Å². The zero-order valence-corrected chi connectivity index (χ0v) is 11.9. The normalized spacial score (nSPS) is 15.7. The van der Waals surface area contributed by atoms with Crippen molar-refractivity contribution < 1.29 is 14.7 Å². The van der Waals surface area contributed by atoms with Crippen LogP contribution >= 0.6 is 0 Å². The minimum Gasteiger partial charge on any atom is -0.481 e. The number of aliphatic carboxylic acids is 1. The second-order valence-electron chi connectivity index (χ2n) is 5.29. The van der Waals surface area contributed by atoms with Crippen molar-refractivity contribution in [3.05, 3.63) is 36.2 Å². The average molecular weight is 300 g/mol. The number of rotatable bonds is 3. The molecule has 2 N–H and O–H groups in total. The van der Waals surface area contributed by atoms with Gasteiger partial charge in [0.2, 0.25) is 0 Å². The van der Waals surface area contributed by atoms with E-state index in [1.54, 1.807) is 17.2 Å². The number of carboxylic acid groups (broad SMARTS) is 1. The van der Waals surface area contributed by atoms with Crippen molar-refractivity contribution >= 4 is 11.9 Å². The van der Waals surface area contributed by atoms with Gasteiger partial charge in [-0.05, 0) is 31.0 Å². The molecule has 0 saturated carbocycles. The smallest absolute Gasteiger partial charge is 0.306 e. The van der Waals surface area contributed by atoms with Gasteiger partial charge >= 0.3 is 5.97 Å². The maximum atomic E-state index is 12.4. The average Bonchev–Trinajstić information content (AvgIpc) is 3.05. The van der Waals surface area contributed by atoms with E-state index in [0.717, 1.165) is 0 Å². The minimum absolute atomic E-state index is 0.154. The molecule has 1 aliphatic heterocycles. The Morgan fingerprint density at radius 1 is 1.23 bits per heavy atom. The Morgan fingerprint density at radius 2 is 2.00 bits per heavy atom. The summed E-state index contributed by atoms with van der Waals surface area (Å²) in [4.78, 5) is 29.2. The summed E-state index contributed by atoms with van der Waals surface area (Å²) in [5.41, 5.74) is 1.71. The molecule has 7 nitrogen and oxygen atoms in total. The molecule has 0 unspecified atom stereocenters. The number of hydrogen-bond acceptors (Lipinski definition) is 4. The third-order valence-corrected chi connectivity index (χ3v) is 3.87. The summed E-state index contributed by atoms with van der Waals surface area (Å²) in [6.45, 7) is 0.904. The number of carboxylic acids is 1. The van der Waals surface area contributed by atoms with Gasteiger partial charge in [0.05, 0.1) is 11.6 Å². The molecule has 3 rings (SSSR count). The van der Waals surface area contributed by atoms with Crippen molar-refractivity contribution in [3.63, 3.8) is 0 Å². The molecular weight excluding hydrogens is 284 g/mol. The predicted octanol–water partition coefficient (Wildman–Crippen LogP) is 1.41. The molecule has 22 heavy (non-hydrogen) atoms. The van der Waals surface area contributed by atoms with Crippen molar-refractivity contribution in [2.24, 2.45) is 5.92 Å². The second kappa shape index (κ2) is 5.97. The van der Waals surface area contributed by atoms with Crippen LogP contribution in [0.3, 0.4) is 0 Å². The van der Waals surface area contributed by atoms with Crippen molar-refractivity contribution in [2.45, 2.75) is 12.8 Å². The highest BCUT2D eigenvalue weighted by Crippen LogP contribution is 2.20. The van der Waals surface area contributed by atoms with E-state index in [0.29, 0.717) is 43.0 Å². The standard InChI is InChI=1S/C15H16N4O3/c20-14(19-7-4-10(5-8-19)15(21)22)13-9-12(17-18-13)11-3-1-2-6-16-11/h1-3,6,9-10H,4-5,7-8H2,(H,17,18)(H,21,22). The van der Waals surface area contributed by atoms with Gasteiger partial charge in [0.1, 0.15) is 11.4 Å². The van der Waals surface area contributed by atoms with Gasteiger partial charge in [-0.15, -0.1) is 0 Å². The lowest BCUT2D eigenvalue weighted by molar-refractivity contribution is -0.143. The molecule has 1 aliphatic rings. The Bertz CT molecular complexity index is 675. The van der Waals surface area contributed by atoms with E-state index >= 15 is 0 Å². The topological polar surface area (TPSA) is 99.2 Å². The Labute approximate surface area is 127 Å². The maximum absolute atomic E-state index is 12.4. The molecule has 114 valence electrons. The first-order valence-electron chi connectivity index (χ1n) is 7.14. The number of likely N-dealkylation sites (tertiary alicyclic amines) is 1. The highest BCUT2D eigenvalue weighted by atomic mass is 16.4. The fourth-order valence-electron chi connectivity index (χ4n) is 2.58. The molecule has 1 fully saturated rings. The molecule has 1 saturated heterocycles. The van der Waals surface area contributed by atoms with Crippen LogP contribution in [0.1, 0.15) is 23.3 Å². The molecular formula is C15H16N4O3. The number of nitrogens with one attached hydrogen (secondary N) is 1. The van der Waals surface area contributed by atoms with Gasteiger partial charge < -0.3 is 10.0 Å². The van der Waals surface area contributed by atoms with E-state index in [2.05, 4.69) is 15.2 Å². The van der Waals surface area contributed by atoms with Crippen LogP contribution in [0.2, 0.25) is 0 Å². The number of hydrogen-bond donors (Lipinski definition) is 2. The van der Waals surface area contributed by atoms with E-state index in [1.807, 2.05) is 18.2 Å². The lowest BCUT2D eigenvalue weighted by atomic mass is 9.97. The van der Waals surface area contributed by atoms with E-state index < -0.39 is 5.97 Å². The fourth-order valence-corrected chi connectivity index (χ4v) is 2.58. The van der Waals surface area contributed by atoms with Gasteiger partial charge in [-0.2, -0.15) is 5.10 Å². The summed E-state index contributed by atoms with van der Waals surface area (Å²) in [6.07, 6.45) is 2.65. The summed E-state index contributed by atoms with van der Waals surface area (Å²) < 4.78 is 0. The van der Waals surface area contributed by atoms with Gasteiger partial charge in [-0.1, -0.05) is 6.07 Å². The molecule has 1 amide bonds. The van der Waals surface area contributed by atoms with Gasteiger partial charge in [0.25, 0.3) is 5.91 Å². The molecule has 0 spiro atoms. The van der Waals surface area contributed by atoms with Crippen LogP contribution in [-0.4, -0.2) is 50.2 Å². The predicted molar refractivity (Wildman–Crippen MR) is 78.1 cm³/mol. The Kier molecular flexibility index (Phi) is 3.86. The molecule has 2 aromatic rings. The SMILES string of the molecule is O=C(O)C1CCN(C(=O)c2cc(-c3ccccn3)n[nH]2)CC1. The molecule has 7 heteroatoms. The molecule has 0 radical (unpaired) electrons. The first-order chi connectivity index (χ1) is 10.6. The number of amides is 1. The van der Waals surface area contributed by atoms with E-state index in [-0.39, 0.29) is 11.8 Å². The monoisotopic (exact) mass is 300 g/mol. The van der Waals surface area contributed by atoms with Crippen LogP contribution in [0.4, 0.5) is 0 Å². The number of carbonyl (C=O) groups is 2. The number of carbonyl (C=O) groups excluding carboxylic acids is 1. The molecule has 0 bridgehead atoms. The van der Waals surface area contributed by atoms with Crippen molar-refractivity contribution in [1.82, 2.24) is 20.1 Å². The number of nitrogens with zero attached hydrogens (tertiary/aromatic N) is 3. The highest BCUT2D eigenvalue weighted by molar-refractivity contribution is 5.93. The fraction of sp³-hybridized carbons (Fsp3) is 0.333. The summed E-state index contributed by atoms with van der Waals surface area (Å²) in [7, 11) is 0. The largest absolute Gasteiger partial charge is 0.481 e. The third-order valence-electron chi connectivity index (χ3n) is 3.87. The van der Waals surface area contributed by atoms with E-state index in [9.17, 15) is 9.59 Å². The molecule has 2 aromatic heterocycles. The lowest BCUT2D eigenvalue weighted by Crippen LogP contribution is -2.40. The Hall–Kier alpha value is -2.70. The third kappa shape index (κ3) is 2.83. The van der Waals surface area contributed by atoms with Crippen LogP contribution in [0.15, 0.2) is 30.5 Å². The van der Waals surface area contributed by atoms with Crippen LogP contribution in [-0.2, 0) is 4.79 Å². The quantitative estimate of drug-likeness (QED) is 0.892. The van der Waals surface area contributed by atoms with Crippen LogP contribution in [0, 0.1) is 5.92 Å². The van der Waals surface area contributed by atoms with Gasteiger partial charge in [0, 0.05) is 19.3 Å². The van der Waals surface area contributed by atoms with E-state index in [1.165, 1.54) is 0 Å². The number of H-pyrrole nitrogens is 1. The molecule has 3 heterocycles. The number of piperidine rings is 1. The first-order valence-corrected chi connectivity index (χ1v) is 7.14. The molecule has 0 aliphatic carbocycles. The summed E-state index contributed by atoms with van der Waals surface area (Å²) in [5.74, 6) is -1.29. The van der Waals surface area contributed by atoms with Gasteiger partial charge in [-0.25, -0.2) is 0 Å². The van der Waals surface area contributed by atoms with Gasteiger partial charge in [0.15, 0.2) is 0 Å². The van der Waals surface area contributed by atoms with Crippen molar-refractivity contribution in [2.75, 3.05) is 13.1 Å². The number of aromatic nitrogens is 3. The van der Waals surface area contributed by atoms with Crippen LogP contribution in [0.25, 0.3) is 11.4 Å². The zero-order valence-electron chi connectivity index (χ0n) is 11.9. The zero-order chi connectivity index (χ0) is 15.5. The first kappa shape index (κ1) is 14.2. The minimum atomic E-state index is -0.786. The van der Waals surface area contributed by atoms with Crippen LogP contribution < -0.4 is 0 Å². The lowest BCUT2D eigenvalue weighted by Gasteiger charge is -2.29. The van der Waals surface area contributed by atoms with E-state index in [4.69, 9.17) is 5.11 Å².